The Balaban J connectivity index is 0.00000121. The lowest BCUT2D eigenvalue weighted by Gasteiger charge is -2.00. The van der Waals surface area contributed by atoms with Gasteiger partial charge in [-0.2, -0.15) is 0 Å². The summed E-state index contributed by atoms with van der Waals surface area (Å²) in [4.78, 5) is 3.17. The highest BCUT2D eigenvalue weighted by Crippen LogP contribution is 2.23. The second-order valence-electron chi connectivity index (χ2n) is 2.64. The predicted octanol–water partition coefficient (Wildman–Crippen LogP) is 2.85. The Morgan fingerprint density at radius 1 is 1.58 bits per heavy atom. The Kier molecular flexibility index (Phi) is 5.48. The van der Waals surface area contributed by atoms with Crippen molar-refractivity contribution in [3.8, 4) is 0 Å². The number of rotatable bonds is 2. The van der Waals surface area contributed by atoms with Gasteiger partial charge in [-0.25, -0.2) is 0 Å². The summed E-state index contributed by atoms with van der Waals surface area (Å²) < 4.78 is 2.03. The molecule has 0 bridgehead atoms. The number of nitrogens with one attached hydrogen (secondary N) is 1. The first kappa shape index (κ1) is 12.5. The van der Waals surface area contributed by atoms with Gasteiger partial charge >= 0.3 is 0 Å². The van der Waals surface area contributed by atoms with E-state index in [0.29, 0.717) is 0 Å². The molecule has 0 spiro atoms. The minimum Gasteiger partial charge on any atom is -0.352 e. The molecule has 1 aromatic rings. The normalized spacial score (nSPS) is 12.3. The zero-order valence-corrected chi connectivity index (χ0v) is 10.6. The molecule has 0 saturated heterocycles. The molecule has 5 heteroatoms. The minimum absolute atomic E-state index is 0. The number of aromatic nitrogens is 1. The molecule has 0 saturated carbocycles. The largest absolute Gasteiger partial charge is 0.352 e. The lowest BCUT2D eigenvalue weighted by Crippen LogP contribution is -2.17. The van der Waals surface area contributed by atoms with E-state index in [9.17, 15) is 0 Å². The Morgan fingerprint density at radius 2 is 2.17 bits per heavy atom. The van der Waals surface area contributed by atoms with Crippen molar-refractivity contribution in [3.05, 3.63) is 20.8 Å². The van der Waals surface area contributed by atoms with Crippen molar-refractivity contribution >= 4 is 44.3 Å². The van der Waals surface area contributed by atoms with Crippen LogP contribution in [0.1, 0.15) is 12.6 Å². The summed E-state index contributed by atoms with van der Waals surface area (Å²) in [6, 6.07) is 2.24. The fourth-order valence-electron chi connectivity index (χ4n) is 0.910. The number of H-pyrrole nitrogens is 1. The quantitative estimate of drug-likeness (QED) is 0.865. The van der Waals surface area contributed by atoms with E-state index in [2.05, 4.69) is 36.8 Å². The third-order valence-electron chi connectivity index (χ3n) is 1.32. The van der Waals surface area contributed by atoms with Crippen molar-refractivity contribution in [2.24, 2.45) is 5.73 Å². The summed E-state index contributed by atoms with van der Waals surface area (Å²) in [5.41, 5.74) is 6.78. The molecule has 1 rings (SSSR count). The smallest absolute Gasteiger partial charge is 0.0966 e. The summed E-state index contributed by atoms with van der Waals surface area (Å²) in [6.07, 6.45) is 0.879. The van der Waals surface area contributed by atoms with Crippen molar-refractivity contribution in [1.29, 1.82) is 0 Å². The van der Waals surface area contributed by atoms with E-state index in [-0.39, 0.29) is 18.4 Å². The Morgan fingerprint density at radius 3 is 2.50 bits per heavy atom. The van der Waals surface area contributed by atoms with E-state index in [1.165, 1.54) is 0 Å². The predicted molar refractivity (Wildman–Crippen MR) is 60.8 cm³/mol. The fraction of sp³-hybridized carbons (Fsp3) is 0.429. The van der Waals surface area contributed by atoms with Gasteiger partial charge < -0.3 is 10.7 Å². The van der Waals surface area contributed by atoms with Crippen molar-refractivity contribution in [2.45, 2.75) is 19.4 Å². The minimum atomic E-state index is 0. The van der Waals surface area contributed by atoms with E-state index in [0.717, 1.165) is 21.2 Å². The van der Waals surface area contributed by atoms with Crippen LogP contribution in [0.15, 0.2) is 15.1 Å². The Labute approximate surface area is 95.0 Å². The number of hydrogen-bond donors (Lipinski definition) is 2. The highest BCUT2D eigenvalue weighted by Gasteiger charge is 2.03. The van der Waals surface area contributed by atoms with Gasteiger partial charge in [-0.1, -0.05) is 0 Å². The number of aromatic amines is 1. The summed E-state index contributed by atoms with van der Waals surface area (Å²) in [5.74, 6) is 0. The van der Waals surface area contributed by atoms with Crippen LogP contribution in [0.5, 0.6) is 0 Å². The molecule has 3 N–H and O–H groups in total. The van der Waals surface area contributed by atoms with Crippen LogP contribution in [0.3, 0.4) is 0 Å². The molecule has 70 valence electrons. The first-order valence-corrected chi connectivity index (χ1v) is 4.96. The van der Waals surface area contributed by atoms with Crippen LogP contribution in [-0.4, -0.2) is 11.0 Å². The van der Waals surface area contributed by atoms with Gasteiger partial charge in [0.15, 0.2) is 0 Å². The van der Waals surface area contributed by atoms with Crippen molar-refractivity contribution < 1.29 is 0 Å². The van der Waals surface area contributed by atoms with Crippen LogP contribution >= 0.6 is 44.3 Å². The average molecular weight is 318 g/mol. The molecule has 1 heterocycles. The molecule has 0 aliphatic heterocycles. The zero-order chi connectivity index (χ0) is 8.43. The van der Waals surface area contributed by atoms with E-state index >= 15 is 0 Å². The summed E-state index contributed by atoms with van der Waals surface area (Å²) in [5, 5.41) is 0. The first-order valence-electron chi connectivity index (χ1n) is 3.38. The number of halogens is 3. The summed E-state index contributed by atoms with van der Waals surface area (Å²) >= 11 is 6.75. The van der Waals surface area contributed by atoms with Crippen LogP contribution < -0.4 is 5.73 Å². The number of hydrogen-bond acceptors (Lipinski definition) is 1. The van der Waals surface area contributed by atoms with Gasteiger partial charge in [0.25, 0.3) is 0 Å². The molecule has 1 unspecified atom stereocenters. The Hall–Kier alpha value is 0.490. The van der Waals surface area contributed by atoms with E-state index in [4.69, 9.17) is 5.73 Å². The molecule has 12 heavy (non-hydrogen) atoms. The van der Waals surface area contributed by atoms with Gasteiger partial charge in [-0.3, -0.25) is 0 Å². The van der Waals surface area contributed by atoms with Gasteiger partial charge in [0, 0.05) is 22.6 Å². The average Bonchev–Trinajstić information content (AvgIpc) is 2.10. The highest BCUT2D eigenvalue weighted by atomic mass is 79.9. The van der Waals surface area contributed by atoms with Crippen molar-refractivity contribution in [2.75, 3.05) is 0 Å². The van der Waals surface area contributed by atoms with Gasteiger partial charge in [0.2, 0.25) is 0 Å². The maximum Gasteiger partial charge on any atom is 0.0966 e. The van der Waals surface area contributed by atoms with Crippen LogP contribution in [-0.2, 0) is 6.42 Å². The van der Waals surface area contributed by atoms with Crippen molar-refractivity contribution in [1.82, 2.24) is 4.98 Å². The van der Waals surface area contributed by atoms with E-state index in [1.54, 1.807) is 0 Å². The van der Waals surface area contributed by atoms with Gasteiger partial charge in [0.1, 0.15) is 0 Å². The maximum absolute atomic E-state index is 5.63. The first-order chi connectivity index (χ1) is 5.09. The zero-order valence-electron chi connectivity index (χ0n) is 6.60. The monoisotopic (exact) mass is 316 g/mol. The topological polar surface area (TPSA) is 41.8 Å². The number of nitrogens with two attached hydrogens (primary N) is 1. The lowest BCUT2D eigenvalue weighted by molar-refractivity contribution is 0.725. The van der Waals surface area contributed by atoms with Gasteiger partial charge in [-0.05, 0) is 44.8 Å². The third-order valence-corrected chi connectivity index (χ3v) is 3.11. The standard InChI is InChI=1S/C7H10Br2N2.ClH/c1-4(10)2-5-3-6(8)7(9)11-5;/h3-4,11H,2,10H2,1H3;1H. The van der Waals surface area contributed by atoms with Crippen molar-refractivity contribution in [3.63, 3.8) is 0 Å². The van der Waals surface area contributed by atoms with Crippen LogP contribution in [0.4, 0.5) is 0 Å². The molecule has 1 aromatic heterocycles. The summed E-state index contributed by atoms with van der Waals surface area (Å²) in [6.45, 7) is 1.99. The molecular weight excluding hydrogens is 307 g/mol. The second-order valence-corrected chi connectivity index (χ2v) is 4.29. The molecule has 0 amide bonds. The van der Waals surface area contributed by atoms with Crippen LogP contribution in [0.2, 0.25) is 0 Å². The molecule has 0 aliphatic carbocycles. The maximum atomic E-state index is 5.63. The molecular formula is C7H11Br2ClN2. The Bertz CT molecular complexity index is 228. The third kappa shape index (κ3) is 3.47. The molecule has 0 fully saturated rings. The van der Waals surface area contributed by atoms with Gasteiger partial charge in [0.05, 0.1) is 4.60 Å². The highest BCUT2D eigenvalue weighted by molar-refractivity contribution is 9.13. The fourth-order valence-corrected chi connectivity index (χ4v) is 1.65. The molecule has 0 aliphatic rings. The van der Waals surface area contributed by atoms with E-state index in [1.807, 2.05) is 13.0 Å². The SMILES string of the molecule is CC(N)Cc1cc(Br)c(Br)[nH]1.Cl. The van der Waals surface area contributed by atoms with Crippen LogP contribution in [0.25, 0.3) is 0 Å². The molecule has 0 aromatic carbocycles. The molecule has 0 radical (unpaired) electrons. The van der Waals surface area contributed by atoms with Gasteiger partial charge in [-0.15, -0.1) is 12.4 Å². The molecule has 2 nitrogen and oxygen atoms in total. The lowest BCUT2D eigenvalue weighted by atomic mass is 10.2. The van der Waals surface area contributed by atoms with Crippen LogP contribution in [0, 0.1) is 0 Å². The summed E-state index contributed by atoms with van der Waals surface area (Å²) in [7, 11) is 0. The molecule has 1 atom stereocenters. The second kappa shape index (κ2) is 5.27. The van der Waals surface area contributed by atoms with E-state index < -0.39 is 0 Å².